The molecule has 0 unspecified atom stereocenters. The third kappa shape index (κ3) is 4.98. The van der Waals surface area contributed by atoms with E-state index in [0.717, 1.165) is 17.0 Å². The summed E-state index contributed by atoms with van der Waals surface area (Å²) in [5, 5.41) is 6.16. The van der Waals surface area contributed by atoms with E-state index in [1.165, 1.54) is 0 Å². The number of ether oxygens (including phenoxy) is 1. The van der Waals surface area contributed by atoms with Crippen LogP contribution in [-0.4, -0.2) is 24.5 Å². The topological polar surface area (TPSA) is 63.2 Å². The van der Waals surface area contributed by atoms with Crippen molar-refractivity contribution in [3.05, 3.63) is 53.9 Å². The molecule has 23 heavy (non-hydrogen) atoms. The number of hydrogen-bond donors (Lipinski definition) is 2. The molecule has 122 valence electrons. The summed E-state index contributed by atoms with van der Waals surface area (Å²) in [5.74, 6) is 1.09. The molecule has 0 saturated carbocycles. The summed E-state index contributed by atoms with van der Waals surface area (Å²) in [4.78, 5) is 16.2. The number of nitrogens with one attached hydrogen (secondary N) is 2. The zero-order valence-electron chi connectivity index (χ0n) is 13.8. The number of carbonyl (C=O) groups is 1. The van der Waals surface area contributed by atoms with E-state index in [-0.39, 0.29) is 5.91 Å². The first-order valence-corrected chi connectivity index (χ1v) is 7.70. The standard InChI is InChI=1S/C18H23N3O2/c1-13(2)11-21-18(22)16-10-15(8-9-19-16)20-12-14-6-4-5-7-17(14)23-3/h4-10,13H,11-12H2,1-3H3,(H,19,20)(H,21,22). The first kappa shape index (κ1) is 16.8. The number of nitrogens with zero attached hydrogens (tertiary/aromatic N) is 1. The molecule has 0 aliphatic heterocycles. The van der Waals surface area contributed by atoms with Crippen molar-refractivity contribution in [3.63, 3.8) is 0 Å². The van der Waals surface area contributed by atoms with Gasteiger partial charge in [-0.05, 0) is 24.1 Å². The molecular weight excluding hydrogens is 290 g/mol. The SMILES string of the molecule is COc1ccccc1CNc1ccnc(C(=O)NCC(C)C)c1. The van der Waals surface area contributed by atoms with E-state index < -0.39 is 0 Å². The summed E-state index contributed by atoms with van der Waals surface area (Å²) in [7, 11) is 1.66. The first-order valence-electron chi connectivity index (χ1n) is 7.70. The molecule has 0 aliphatic carbocycles. The molecule has 5 nitrogen and oxygen atoms in total. The van der Waals surface area contributed by atoms with Crippen LogP contribution in [0.2, 0.25) is 0 Å². The Balaban J connectivity index is 2.01. The first-order chi connectivity index (χ1) is 11.1. The lowest BCUT2D eigenvalue weighted by Crippen LogP contribution is -2.28. The van der Waals surface area contributed by atoms with Gasteiger partial charge in [0, 0.05) is 30.5 Å². The quantitative estimate of drug-likeness (QED) is 0.824. The average Bonchev–Trinajstić information content (AvgIpc) is 2.58. The summed E-state index contributed by atoms with van der Waals surface area (Å²) in [6.07, 6.45) is 1.63. The van der Waals surface area contributed by atoms with E-state index >= 15 is 0 Å². The number of rotatable bonds is 7. The molecule has 1 aromatic carbocycles. The lowest BCUT2D eigenvalue weighted by Gasteiger charge is -2.11. The Labute approximate surface area is 137 Å². The maximum absolute atomic E-state index is 12.1. The smallest absolute Gasteiger partial charge is 0.269 e. The number of amides is 1. The second-order valence-electron chi connectivity index (χ2n) is 5.70. The lowest BCUT2D eigenvalue weighted by molar-refractivity contribution is 0.0944. The van der Waals surface area contributed by atoms with Crippen molar-refractivity contribution >= 4 is 11.6 Å². The van der Waals surface area contributed by atoms with Crippen LogP contribution in [0.25, 0.3) is 0 Å². The van der Waals surface area contributed by atoms with Crippen molar-refractivity contribution in [2.45, 2.75) is 20.4 Å². The molecule has 0 saturated heterocycles. The van der Waals surface area contributed by atoms with Crippen LogP contribution in [0.15, 0.2) is 42.6 Å². The van der Waals surface area contributed by atoms with Gasteiger partial charge in [-0.15, -0.1) is 0 Å². The Kier molecular flexibility index (Phi) is 5.97. The van der Waals surface area contributed by atoms with Gasteiger partial charge in [-0.2, -0.15) is 0 Å². The summed E-state index contributed by atoms with van der Waals surface area (Å²) in [6.45, 7) is 5.36. The van der Waals surface area contributed by atoms with E-state index in [9.17, 15) is 4.79 Å². The molecule has 0 bridgehead atoms. The lowest BCUT2D eigenvalue weighted by atomic mass is 10.2. The van der Waals surface area contributed by atoms with Gasteiger partial charge in [0.05, 0.1) is 7.11 Å². The van der Waals surface area contributed by atoms with E-state index in [1.807, 2.05) is 30.3 Å². The fourth-order valence-electron chi connectivity index (χ4n) is 2.10. The van der Waals surface area contributed by atoms with Gasteiger partial charge < -0.3 is 15.4 Å². The Morgan fingerprint density at radius 1 is 1.26 bits per heavy atom. The number of anilines is 1. The minimum atomic E-state index is -0.153. The highest BCUT2D eigenvalue weighted by atomic mass is 16.5. The van der Waals surface area contributed by atoms with Crippen molar-refractivity contribution in [1.29, 1.82) is 0 Å². The molecule has 0 atom stereocenters. The van der Waals surface area contributed by atoms with Gasteiger partial charge in [-0.3, -0.25) is 9.78 Å². The molecule has 5 heteroatoms. The molecule has 2 aromatic rings. The van der Waals surface area contributed by atoms with Crippen LogP contribution < -0.4 is 15.4 Å². The van der Waals surface area contributed by atoms with Crippen molar-refractivity contribution < 1.29 is 9.53 Å². The minimum absolute atomic E-state index is 0.153. The number of pyridine rings is 1. The fourth-order valence-corrected chi connectivity index (χ4v) is 2.10. The van der Waals surface area contributed by atoms with Crippen molar-refractivity contribution in [2.75, 3.05) is 19.0 Å². The normalized spacial score (nSPS) is 10.4. The predicted molar refractivity (Wildman–Crippen MR) is 91.7 cm³/mol. The molecule has 1 aromatic heterocycles. The van der Waals surface area contributed by atoms with Crippen LogP contribution >= 0.6 is 0 Å². The number of hydrogen-bond acceptors (Lipinski definition) is 4. The van der Waals surface area contributed by atoms with Crippen LogP contribution in [0.1, 0.15) is 29.9 Å². The average molecular weight is 313 g/mol. The Hall–Kier alpha value is -2.56. The molecule has 0 radical (unpaired) electrons. The van der Waals surface area contributed by atoms with Crippen molar-refractivity contribution in [3.8, 4) is 5.75 Å². The van der Waals surface area contributed by atoms with Crippen LogP contribution in [0.5, 0.6) is 5.75 Å². The monoisotopic (exact) mass is 313 g/mol. The third-order valence-corrected chi connectivity index (χ3v) is 3.34. The number of para-hydroxylation sites is 1. The minimum Gasteiger partial charge on any atom is -0.496 e. The van der Waals surface area contributed by atoms with E-state index in [1.54, 1.807) is 19.4 Å². The summed E-state index contributed by atoms with van der Waals surface area (Å²) >= 11 is 0. The van der Waals surface area contributed by atoms with Crippen LogP contribution in [0.4, 0.5) is 5.69 Å². The van der Waals surface area contributed by atoms with Crippen LogP contribution in [0, 0.1) is 5.92 Å². The van der Waals surface area contributed by atoms with E-state index in [0.29, 0.717) is 24.7 Å². The number of methoxy groups -OCH3 is 1. The summed E-state index contributed by atoms with van der Waals surface area (Å²) in [6, 6.07) is 11.4. The molecule has 0 aliphatic rings. The Morgan fingerprint density at radius 2 is 2.04 bits per heavy atom. The van der Waals surface area contributed by atoms with Gasteiger partial charge in [0.1, 0.15) is 11.4 Å². The van der Waals surface area contributed by atoms with E-state index in [2.05, 4.69) is 29.5 Å². The zero-order chi connectivity index (χ0) is 16.7. The molecule has 1 amide bonds. The second-order valence-corrected chi connectivity index (χ2v) is 5.70. The molecular formula is C18H23N3O2. The number of aromatic nitrogens is 1. The number of carbonyl (C=O) groups excluding carboxylic acids is 1. The summed E-state index contributed by atoms with van der Waals surface area (Å²) < 4.78 is 5.33. The summed E-state index contributed by atoms with van der Waals surface area (Å²) in [5.41, 5.74) is 2.31. The molecule has 0 fully saturated rings. The van der Waals surface area contributed by atoms with Crippen LogP contribution in [0.3, 0.4) is 0 Å². The van der Waals surface area contributed by atoms with Gasteiger partial charge >= 0.3 is 0 Å². The van der Waals surface area contributed by atoms with E-state index in [4.69, 9.17) is 4.74 Å². The molecule has 2 rings (SSSR count). The molecule has 0 spiro atoms. The largest absolute Gasteiger partial charge is 0.496 e. The zero-order valence-corrected chi connectivity index (χ0v) is 13.8. The fraction of sp³-hybridized carbons (Fsp3) is 0.333. The maximum atomic E-state index is 12.1. The van der Waals surface area contributed by atoms with Gasteiger partial charge in [0.15, 0.2) is 0 Å². The molecule has 2 N–H and O–H groups in total. The highest BCUT2D eigenvalue weighted by Gasteiger charge is 2.08. The number of benzene rings is 1. The highest BCUT2D eigenvalue weighted by molar-refractivity contribution is 5.93. The maximum Gasteiger partial charge on any atom is 0.269 e. The molecule has 1 heterocycles. The third-order valence-electron chi connectivity index (χ3n) is 3.34. The Bertz CT molecular complexity index is 656. The van der Waals surface area contributed by atoms with Gasteiger partial charge in [0.2, 0.25) is 0 Å². The van der Waals surface area contributed by atoms with Gasteiger partial charge in [0.25, 0.3) is 5.91 Å². The predicted octanol–water partition coefficient (Wildman–Crippen LogP) is 3.09. The highest BCUT2D eigenvalue weighted by Crippen LogP contribution is 2.19. The van der Waals surface area contributed by atoms with Crippen molar-refractivity contribution in [1.82, 2.24) is 10.3 Å². The van der Waals surface area contributed by atoms with Gasteiger partial charge in [-0.25, -0.2) is 0 Å². The second kappa shape index (κ2) is 8.17. The van der Waals surface area contributed by atoms with Crippen molar-refractivity contribution in [2.24, 2.45) is 5.92 Å². The van der Waals surface area contributed by atoms with Crippen LogP contribution in [-0.2, 0) is 6.54 Å². The Morgan fingerprint density at radius 3 is 2.78 bits per heavy atom. The van der Waals surface area contributed by atoms with Gasteiger partial charge in [-0.1, -0.05) is 32.0 Å².